The van der Waals surface area contributed by atoms with E-state index >= 15 is 0 Å². The quantitative estimate of drug-likeness (QED) is 0.0558. The molecule has 4 N–H and O–H groups in total. The fraction of sp³-hybridized carbons (Fsp3) is 0.467. The SMILES string of the molecule is Cc1cc(N2CCC(N3CCC(CC(C)S(=O)(=O)c4ccccc4Nc4nc(Nc5ccc(N6CCC(N7CCCC7=O)CC6)cc5OC(C)C)ncc4C)CC3)CC2)ncc1Nc1ncc(Cl)c(Nc2ccccc2S(=O)(=O)N(C)C)n1. The number of hydrogen-bond donors (Lipinski definition) is 4. The molecule has 0 aliphatic carbocycles. The van der Waals surface area contributed by atoms with Gasteiger partial charge in [0.25, 0.3) is 0 Å². The van der Waals surface area contributed by atoms with E-state index in [9.17, 15) is 21.6 Å². The van der Waals surface area contributed by atoms with Gasteiger partial charge in [0.15, 0.2) is 15.7 Å². The first-order valence-electron chi connectivity index (χ1n) is 28.9. The molecule has 83 heavy (non-hydrogen) atoms. The van der Waals surface area contributed by atoms with Gasteiger partial charge in [-0.25, -0.2) is 36.1 Å². The molecule has 4 fully saturated rings. The zero-order valence-electron chi connectivity index (χ0n) is 48.5. The lowest BCUT2D eigenvalue weighted by molar-refractivity contribution is -0.130. The number of aromatic nitrogens is 5. The van der Waals surface area contributed by atoms with Gasteiger partial charge in [-0.2, -0.15) is 9.97 Å². The number of halogens is 1. The van der Waals surface area contributed by atoms with E-state index in [2.05, 4.69) is 74.0 Å². The number of aryl methyl sites for hydroxylation is 2. The second-order valence-corrected chi connectivity index (χ2v) is 27.7. The van der Waals surface area contributed by atoms with Crippen molar-refractivity contribution in [3.8, 4) is 5.75 Å². The first kappa shape index (κ1) is 59.3. The molecule has 23 heteroatoms. The lowest BCUT2D eigenvalue weighted by Gasteiger charge is -2.42. The van der Waals surface area contributed by atoms with Crippen molar-refractivity contribution in [3.63, 3.8) is 0 Å². The van der Waals surface area contributed by atoms with E-state index in [4.69, 9.17) is 26.3 Å². The number of carbonyl (C=O) groups excluding carboxylic acids is 1. The Kier molecular flexibility index (Phi) is 18.3. The third-order valence-corrected chi connectivity index (χ3v) is 20.9. The van der Waals surface area contributed by atoms with Crippen LogP contribution in [-0.2, 0) is 24.7 Å². The van der Waals surface area contributed by atoms with Gasteiger partial charge in [0, 0.05) is 88.8 Å². The van der Waals surface area contributed by atoms with E-state index in [0.717, 1.165) is 123 Å². The maximum atomic E-state index is 14.5. The highest BCUT2D eigenvalue weighted by atomic mass is 35.5. The average Bonchev–Trinajstić information content (AvgIpc) is 4.04. The number of nitrogens with one attached hydrogen (secondary N) is 4. The van der Waals surface area contributed by atoms with Crippen molar-refractivity contribution in [2.75, 3.05) is 91.0 Å². The van der Waals surface area contributed by atoms with Crippen LogP contribution in [0.1, 0.15) is 89.7 Å². The molecule has 3 aromatic heterocycles. The van der Waals surface area contributed by atoms with E-state index in [1.54, 1.807) is 48.8 Å². The van der Waals surface area contributed by atoms with Crippen LogP contribution in [-0.4, -0.2) is 145 Å². The summed E-state index contributed by atoms with van der Waals surface area (Å²) in [6, 6.07) is 22.6. The molecule has 0 saturated carbocycles. The summed E-state index contributed by atoms with van der Waals surface area (Å²) in [4.78, 5) is 45.3. The molecule has 1 unspecified atom stereocenters. The van der Waals surface area contributed by atoms with Crippen molar-refractivity contribution in [2.24, 2.45) is 5.92 Å². The first-order chi connectivity index (χ1) is 39.8. The number of para-hydroxylation sites is 2. The van der Waals surface area contributed by atoms with E-state index in [1.807, 2.05) is 46.8 Å². The molecular formula is C60H77ClN14O6S2. The molecule has 4 aliphatic rings. The lowest BCUT2D eigenvalue weighted by Crippen LogP contribution is -2.48. The molecule has 6 aromatic rings. The van der Waals surface area contributed by atoms with Crippen molar-refractivity contribution >= 4 is 95.2 Å². The van der Waals surface area contributed by atoms with Crippen molar-refractivity contribution in [3.05, 3.63) is 108 Å². The van der Waals surface area contributed by atoms with Crippen molar-refractivity contribution < 1.29 is 26.4 Å². The van der Waals surface area contributed by atoms with Gasteiger partial charge in [-0.3, -0.25) is 4.79 Å². The van der Waals surface area contributed by atoms with E-state index < -0.39 is 25.1 Å². The van der Waals surface area contributed by atoms with Crippen LogP contribution in [0.25, 0.3) is 0 Å². The van der Waals surface area contributed by atoms with Crippen LogP contribution in [0, 0.1) is 19.8 Å². The topological polar surface area (TPSA) is 223 Å². The Hall–Kier alpha value is -6.85. The molecule has 442 valence electrons. The molecule has 1 atom stereocenters. The van der Waals surface area contributed by atoms with Gasteiger partial charge in [0.05, 0.1) is 51.4 Å². The fourth-order valence-corrected chi connectivity index (χ4v) is 14.6. The van der Waals surface area contributed by atoms with Gasteiger partial charge in [0.1, 0.15) is 27.3 Å². The summed E-state index contributed by atoms with van der Waals surface area (Å²) >= 11 is 6.49. The van der Waals surface area contributed by atoms with Crippen LogP contribution in [0.15, 0.2) is 101 Å². The van der Waals surface area contributed by atoms with Crippen molar-refractivity contribution in [2.45, 2.75) is 126 Å². The molecule has 0 spiro atoms. The third-order valence-electron chi connectivity index (χ3n) is 16.5. The van der Waals surface area contributed by atoms with Crippen LogP contribution < -0.4 is 35.8 Å². The number of sulfonamides is 1. The summed E-state index contributed by atoms with van der Waals surface area (Å²) in [5, 5.41) is 12.7. The average molecular weight is 1190 g/mol. The zero-order chi connectivity index (χ0) is 58.6. The first-order valence-corrected chi connectivity index (χ1v) is 32.3. The Bertz CT molecular complexity index is 3520. The number of anilines is 10. The van der Waals surface area contributed by atoms with Crippen LogP contribution in [0.4, 0.5) is 57.8 Å². The van der Waals surface area contributed by atoms with Crippen LogP contribution in [0.5, 0.6) is 5.75 Å². The summed E-state index contributed by atoms with van der Waals surface area (Å²) in [6.07, 6.45) is 12.8. The number of piperidine rings is 3. The maximum Gasteiger partial charge on any atom is 0.244 e. The number of pyridine rings is 1. The van der Waals surface area contributed by atoms with E-state index in [-0.39, 0.29) is 44.5 Å². The van der Waals surface area contributed by atoms with Crippen molar-refractivity contribution in [1.29, 1.82) is 0 Å². The minimum Gasteiger partial charge on any atom is -0.489 e. The van der Waals surface area contributed by atoms with Crippen LogP contribution >= 0.6 is 11.6 Å². The smallest absolute Gasteiger partial charge is 0.244 e. The number of hydrogen-bond acceptors (Lipinski definition) is 18. The number of carbonyl (C=O) groups is 1. The van der Waals surface area contributed by atoms with Gasteiger partial charge in [0.2, 0.25) is 27.8 Å². The Morgan fingerprint density at radius 2 is 1.27 bits per heavy atom. The molecule has 4 saturated heterocycles. The van der Waals surface area contributed by atoms with Gasteiger partial charge >= 0.3 is 0 Å². The van der Waals surface area contributed by atoms with Crippen LogP contribution in [0.3, 0.4) is 0 Å². The van der Waals surface area contributed by atoms with E-state index in [0.29, 0.717) is 59.5 Å². The van der Waals surface area contributed by atoms with Gasteiger partial charge in [-0.15, -0.1) is 0 Å². The second kappa shape index (κ2) is 25.6. The number of likely N-dealkylation sites (tertiary alicyclic amines) is 2. The number of rotatable bonds is 20. The molecule has 0 bridgehead atoms. The minimum atomic E-state index is -3.74. The standard InChI is InChI=1S/C60H77ClN14O6S2/c1-39(2)81-52-35-46(73-29-24-45(25-30-73)75-26-12-17-56(75)76)18-19-48(52)67-59-63-36-41(4)57(69-59)65-49-13-8-10-15-53(49)82(77,78)42(5)34-43-20-27-72(28-21-43)44-22-31-74(32-23-44)55-33-40(3)51(38-62-55)68-60-64-37-47(61)58(70-60)66-50-14-9-11-16-54(50)83(79,80)71(6)7/h8-11,13-16,18-19,33,35-39,42-45H,12,17,20-32,34H2,1-7H3,(H2,63,65,67,69)(H2,64,66,68,70). The summed E-state index contributed by atoms with van der Waals surface area (Å²) in [7, 11) is -4.51. The molecule has 0 radical (unpaired) electrons. The Balaban J connectivity index is 0.708. The summed E-state index contributed by atoms with van der Waals surface area (Å²) in [5.74, 6) is 3.50. The predicted molar refractivity (Wildman–Crippen MR) is 329 cm³/mol. The summed E-state index contributed by atoms with van der Waals surface area (Å²) in [5.41, 5.74) is 5.02. The molecule has 20 nitrogen and oxygen atoms in total. The maximum absolute atomic E-state index is 14.5. The number of ether oxygens (including phenoxy) is 1. The molecule has 4 aliphatic heterocycles. The Morgan fingerprint density at radius 1 is 0.651 bits per heavy atom. The molecule has 10 rings (SSSR count). The molecule has 7 heterocycles. The highest BCUT2D eigenvalue weighted by Gasteiger charge is 2.34. The van der Waals surface area contributed by atoms with Crippen LogP contribution in [0.2, 0.25) is 5.02 Å². The van der Waals surface area contributed by atoms with Gasteiger partial charge in [-0.1, -0.05) is 35.9 Å². The summed E-state index contributed by atoms with van der Waals surface area (Å²) < 4.78 is 62.5. The second-order valence-electron chi connectivity index (χ2n) is 22.8. The number of sulfone groups is 1. The fourth-order valence-electron chi connectivity index (χ4n) is 11.8. The predicted octanol–water partition coefficient (Wildman–Crippen LogP) is 10.5. The largest absolute Gasteiger partial charge is 0.489 e. The highest BCUT2D eigenvalue weighted by molar-refractivity contribution is 7.92. The Morgan fingerprint density at radius 3 is 1.93 bits per heavy atom. The Labute approximate surface area is 493 Å². The zero-order valence-corrected chi connectivity index (χ0v) is 50.9. The third kappa shape index (κ3) is 13.7. The normalized spacial score (nSPS) is 17.6. The van der Waals surface area contributed by atoms with Crippen molar-refractivity contribution in [1.82, 2.24) is 39.0 Å². The monoisotopic (exact) mass is 1190 g/mol. The molecular weight excluding hydrogens is 1110 g/mol. The number of nitrogens with zero attached hydrogens (tertiary/aromatic N) is 10. The van der Waals surface area contributed by atoms with E-state index in [1.165, 1.54) is 26.4 Å². The number of benzene rings is 3. The lowest BCUT2D eigenvalue weighted by atomic mass is 9.90. The molecule has 1 amide bonds. The van der Waals surface area contributed by atoms with Gasteiger partial charge in [-0.05, 0) is 153 Å². The summed E-state index contributed by atoms with van der Waals surface area (Å²) in [6.45, 7) is 15.9. The number of amides is 1. The highest BCUT2D eigenvalue weighted by Crippen LogP contribution is 2.38. The minimum absolute atomic E-state index is 0.0807. The van der Waals surface area contributed by atoms with Gasteiger partial charge < -0.3 is 45.6 Å². The molecule has 3 aromatic carbocycles.